The zero-order chi connectivity index (χ0) is 15.4. The van der Waals surface area contributed by atoms with Crippen LogP contribution in [0.4, 0.5) is 4.39 Å². The molecular formula is C17H24FNO3. The second-order valence-corrected chi connectivity index (χ2v) is 6.43. The highest BCUT2D eigenvalue weighted by atomic mass is 19.1. The summed E-state index contributed by atoms with van der Waals surface area (Å²) in [7, 11) is 0. The molecule has 122 valence electrons. The molecule has 4 nitrogen and oxygen atoms in total. The standard InChI is InChI=1S/C17H24FNO3/c18-14-4-3-7-16(10-14)22-13-17(20)11-19(8-9-21-12-17)15-5-1-2-6-15/h3-4,7,10,15,20H,1-2,5-6,8-9,11-13H2/t17-/m0/s1. The molecule has 1 aliphatic heterocycles. The van der Waals surface area contributed by atoms with E-state index in [4.69, 9.17) is 9.47 Å². The highest BCUT2D eigenvalue weighted by Crippen LogP contribution is 2.26. The molecule has 1 heterocycles. The maximum atomic E-state index is 13.2. The Hall–Kier alpha value is -1.17. The lowest BCUT2D eigenvalue weighted by Crippen LogP contribution is -2.51. The van der Waals surface area contributed by atoms with Crippen LogP contribution in [0, 0.1) is 5.82 Å². The van der Waals surface area contributed by atoms with Gasteiger partial charge in [0.05, 0.1) is 13.2 Å². The van der Waals surface area contributed by atoms with Gasteiger partial charge in [-0.25, -0.2) is 4.39 Å². The van der Waals surface area contributed by atoms with E-state index in [1.165, 1.54) is 37.8 Å². The number of nitrogens with zero attached hydrogens (tertiary/aromatic N) is 1. The molecule has 0 amide bonds. The van der Waals surface area contributed by atoms with Crippen LogP contribution in [-0.2, 0) is 4.74 Å². The minimum absolute atomic E-state index is 0.111. The third kappa shape index (κ3) is 3.97. The molecule has 0 unspecified atom stereocenters. The van der Waals surface area contributed by atoms with Gasteiger partial charge in [-0.1, -0.05) is 18.9 Å². The molecule has 5 heteroatoms. The molecule has 1 atom stereocenters. The molecule has 2 fully saturated rings. The highest BCUT2D eigenvalue weighted by molar-refractivity contribution is 5.22. The summed E-state index contributed by atoms with van der Waals surface area (Å²) in [4.78, 5) is 2.33. The van der Waals surface area contributed by atoms with Crippen molar-refractivity contribution in [2.75, 3.05) is 32.9 Å². The lowest BCUT2D eigenvalue weighted by molar-refractivity contribution is -0.0669. The predicted octanol–water partition coefficient (Wildman–Crippen LogP) is 2.21. The number of β-amino-alcohol motifs (C(OH)–C–C–N with tert-alkyl or cyclic N) is 1. The van der Waals surface area contributed by atoms with Crippen LogP contribution >= 0.6 is 0 Å². The molecular weight excluding hydrogens is 285 g/mol. The Morgan fingerprint density at radius 1 is 1.36 bits per heavy atom. The predicted molar refractivity (Wildman–Crippen MR) is 81.5 cm³/mol. The summed E-state index contributed by atoms with van der Waals surface area (Å²) < 4.78 is 24.3. The van der Waals surface area contributed by atoms with E-state index in [1.54, 1.807) is 12.1 Å². The van der Waals surface area contributed by atoms with Gasteiger partial charge in [0.1, 0.15) is 23.8 Å². The number of halogens is 1. The van der Waals surface area contributed by atoms with E-state index in [-0.39, 0.29) is 19.0 Å². The number of benzene rings is 1. The molecule has 1 saturated heterocycles. The van der Waals surface area contributed by atoms with Crippen molar-refractivity contribution in [2.45, 2.75) is 37.3 Å². The van der Waals surface area contributed by atoms with Crippen molar-refractivity contribution in [3.63, 3.8) is 0 Å². The third-order valence-electron chi connectivity index (χ3n) is 4.54. The molecule has 22 heavy (non-hydrogen) atoms. The first-order chi connectivity index (χ1) is 10.6. The topological polar surface area (TPSA) is 41.9 Å². The summed E-state index contributed by atoms with van der Waals surface area (Å²) >= 11 is 0. The molecule has 0 radical (unpaired) electrons. The van der Waals surface area contributed by atoms with Crippen molar-refractivity contribution < 1.29 is 19.0 Å². The lowest BCUT2D eigenvalue weighted by Gasteiger charge is -2.33. The second kappa shape index (κ2) is 6.94. The molecule has 0 spiro atoms. The van der Waals surface area contributed by atoms with Gasteiger partial charge in [0.15, 0.2) is 0 Å². The summed E-state index contributed by atoms with van der Waals surface area (Å²) in [6, 6.07) is 6.54. The Kier molecular flexibility index (Phi) is 4.96. The second-order valence-electron chi connectivity index (χ2n) is 6.43. The normalized spacial score (nSPS) is 27.7. The van der Waals surface area contributed by atoms with Crippen molar-refractivity contribution >= 4 is 0 Å². The van der Waals surface area contributed by atoms with Gasteiger partial charge in [-0.15, -0.1) is 0 Å². The summed E-state index contributed by atoms with van der Waals surface area (Å²) in [5.74, 6) is 0.0966. The van der Waals surface area contributed by atoms with Crippen molar-refractivity contribution in [3.8, 4) is 5.75 Å². The van der Waals surface area contributed by atoms with E-state index in [0.717, 1.165) is 6.54 Å². The Labute approximate surface area is 130 Å². The van der Waals surface area contributed by atoms with Crippen LogP contribution in [0.5, 0.6) is 5.75 Å². The molecule has 0 aromatic heterocycles. The number of aliphatic hydroxyl groups is 1. The van der Waals surface area contributed by atoms with Gasteiger partial charge < -0.3 is 14.6 Å². The van der Waals surface area contributed by atoms with Gasteiger partial charge in [-0.3, -0.25) is 4.90 Å². The minimum Gasteiger partial charge on any atom is -0.490 e. The summed E-state index contributed by atoms with van der Waals surface area (Å²) in [5, 5.41) is 10.8. The van der Waals surface area contributed by atoms with E-state index in [2.05, 4.69) is 4.90 Å². The SMILES string of the molecule is O[C@]1(COc2cccc(F)c2)COCCN(C2CCCC2)C1. The molecule has 1 aliphatic carbocycles. The van der Waals surface area contributed by atoms with E-state index in [9.17, 15) is 9.50 Å². The fraction of sp³-hybridized carbons (Fsp3) is 0.647. The van der Waals surface area contributed by atoms with E-state index in [0.29, 0.717) is 24.9 Å². The average molecular weight is 309 g/mol. The number of hydrogen-bond donors (Lipinski definition) is 1. The van der Waals surface area contributed by atoms with Crippen LogP contribution in [0.25, 0.3) is 0 Å². The smallest absolute Gasteiger partial charge is 0.134 e. The third-order valence-corrected chi connectivity index (χ3v) is 4.54. The first-order valence-electron chi connectivity index (χ1n) is 8.07. The molecule has 1 aromatic rings. The molecule has 1 saturated carbocycles. The molecule has 2 aliphatic rings. The monoisotopic (exact) mass is 309 g/mol. The van der Waals surface area contributed by atoms with E-state index in [1.807, 2.05) is 0 Å². The van der Waals surface area contributed by atoms with Crippen LogP contribution < -0.4 is 4.74 Å². The summed E-state index contributed by atoms with van der Waals surface area (Å²) in [6.45, 7) is 2.41. The van der Waals surface area contributed by atoms with Crippen LogP contribution in [0.15, 0.2) is 24.3 Å². The fourth-order valence-electron chi connectivity index (χ4n) is 3.39. The van der Waals surface area contributed by atoms with Gasteiger partial charge in [0, 0.05) is 25.2 Å². The zero-order valence-corrected chi connectivity index (χ0v) is 12.8. The molecule has 1 aromatic carbocycles. The maximum Gasteiger partial charge on any atom is 0.134 e. The minimum atomic E-state index is -1.05. The zero-order valence-electron chi connectivity index (χ0n) is 12.8. The first kappa shape index (κ1) is 15.7. The molecule has 1 N–H and O–H groups in total. The van der Waals surface area contributed by atoms with E-state index < -0.39 is 5.60 Å². The van der Waals surface area contributed by atoms with Crippen LogP contribution in [0.1, 0.15) is 25.7 Å². The summed E-state index contributed by atoms with van der Waals surface area (Å²) in [5.41, 5.74) is -1.05. The highest BCUT2D eigenvalue weighted by Gasteiger charge is 2.36. The average Bonchev–Trinajstić information content (AvgIpc) is 2.96. The quantitative estimate of drug-likeness (QED) is 0.926. The van der Waals surface area contributed by atoms with Crippen molar-refractivity contribution in [1.29, 1.82) is 0 Å². The fourth-order valence-corrected chi connectivity index (χ4v) is 3.39. The van der Waals surface area contributed by atoms with Gasteiger partial charge in [-0.2, -0.15) is 0 Å². The van der Waals surface area contributed by atoms with Gasteiger partial charge in [-0.05, 0) is 25.0 Å². The Bertz CT molecular complexity index is 493. The number of ether oxygens (including phenoxy) is 2. The number of hydrogen-bond acceptors (Lipinski definition) is 4. The Balaban J connectivity index is 1.62. The largest absolute Gasteiger partial charge is 0.490 e. The maximum absolute atomic E-state index is 13.2. The Morgan fingerprint density at radius 2 is 2.18 bits per heavy atom. The lowest BCUT2D eigenvalue weighted by atomic mass is 10.0. The van der Waals surface area contributed by atoms with Crippen LogP contribution in [0.3, 0.4) is 0 Å². The van der Waals surface area contributed by atoms with Gasteiger partial charge in [0.25, 0.3) is 0 Å². The number of rotatable bonds is 4. The first-order valence-corrected chi connectivity index (χ1v) is 8.07. The van der Waals surface area contributed by atoms with Crippen molar-refractivity contribution in [3.05, 3.63) is 30.1 Å². The summed E-state index contributed by atoms with van der Waals surface area (Å²) in [6.07, 6.45) is 4.92. The Morgan fingerprint density at radius 3 is 2.95 bits per heavy atom. The van der Waals surface area contributed by atoms with Crippen molar-refractivity contribution in [1.82, 2.24) is 4.90 Å². The molecule has 0 bridgehead atoms. The van der Waals surface area contributed by atoms with Gasteiger partial charge in [0.2, 0.25) is 0 Å². The van der Waals surface area contributed by atoms with Crippen LogP contribution in [-0.4, -0.2) is 54.6 Å². The van der Waals surface area contributed by atoms with Crippen molar-refractivity contribution in [2.24, 2.45) is 0 Å². The van der Waals surface area contributed by atoms with Crippen LogP contribution in [0.2, 0.25) is 0 Å². The molecule has 3 rings (SSSR count). The van der Waals surface area contributed by atoms with Gasteiger partial charge >= 0.3 is 0 Å². The van der Waals surface area contributed by atoms with E-state index >= 15 is 0 Å².